The van der Waals surface area contributed by atoms with Gasteiger partial charge in [0.25, 0.3) is 0 Å². The molecule has 3 nitrogen and oxygen atoms in total. The van der Waals surface area contributed by atoms with Gasteiger partial charge in [-0.2, -0.15) is 5.10 Å². The Morgan fingerprint density at radius 2 is 1.43 bits per heavy atom. The molecule has 0 saturated carbocycles. The lowest BCUT2D eigenvalue weighted by molar-refractivity contribution is 0.464. The first-order valence-corrected chi connectivity index (χ1v) is 10.4. The van der Waals surface area contributed by atoms with E-state index in [1.165, 1.54) is 0 Å². The molecule has 0 atom stereocenters. The second-order valence-corrected chi connectivity index (χ2v) is 7.55. The van der Waals surface area contributed by atoms with Crippen molar-refractivity contribution in [1.82, 2.24) is 14.8 Å². The Morgan fingerprint density at radius 3 is 2.07 bits per heavy atom. The normalized spacial score (nSPS) is 11.6. The van der Waals surface area contributed by atoms with E-state index in [4.69, 9.17) is 16.7 Å². The zero-order valence-corrected chi connectivity index (χ0v) is 17.1. The number of alkyl halides is 1. The number of halogens is 1. The predicted octanol–water partition coefficient (Wildman–Crippen LogP) is 6.01. The van der Waals surface area contributed by atoms with E-state index < -0.39 is 5.54 Å². The van der Waals surface area contributed by atoms with Crippen molar-refractivity contribution in [3.8, 4) is 0 Å². The van der Waals surface area contributed by atoms with Crippen LogP contribution in [-0.4, -0.2) is 14.8 Å². The highest BCUT2D eigenvalue weighted by molar-refractivity contribution is 6.17. The van der Waals surface area contributed by atoms with Crippen LogP contribution in [0.15, 0.2) is 110 Å². The van der Waals surface area contributed by atoms with Crippen molar-refractivity contribution in [1.29, 1.82) is 0 Å². The predicted molar refractivity (Wildman–Crippen MR) is 122 cm³/mol. The third kappa shape index (κ3) is 2.99. The summed E-state index contributed by atoms with van der Waals surface area (Å²) in [4.78, 5) is 4.28. The fourth-order valence-corrected chi connectivity index (χ4v) is 4.34. The van der Waals surface area contributed by atoms with Crippen LogP contribution in [0.5, 0.6) is 0 Å². The van der Waals surface area contributed by atoms with Crippen LogP contribution in [-0.2, 0) is 11.4 Å². The molecule has 2 aromatic heterocycles. The lowest BCUT2D eigenvalue weighted by atomic mass is 9.76. The minimum Gasteiger partial charge on any atom is -0.264 e. The molecule has 30 heavy (non-hydrogen) atoms. The van der Waals surface area contributed by atoms with E-state index in [0.717, 1.165) is 33.2 Å². The van der Waals surface area contributed by atoms with Gasteiger partial charge < -0.3 is 0 Å². The van der Waals surface area contributed by atoms with E-state index in [-0.39, 0.29) is 0 Å². The lowest BCUT2D eigenvalue weighted by Gasteiger charge is -2.36. The SMILES string of the molecule is ClCc1cccc(C(c2ccccc2)(c2ccccc2)n2cc3cnccc3n2)c1. The molecule has 0 N–H and O–H groups in total. The smallest absolute Gasteiger partial charge is 0.138 e. The topological polar surface area (TPSA) is 30.7 Å². The van der Waals surface area contributed by atoms with E-state index in [9.17, 15) is 0 Å². The maximum atomic E-state index is 6.22. The van der Waals surface area contributed by atoms with Crippen LogP contribution >= 0.6 is 11.6 Å². The van der Waals surface area contributed by atoms with Crippen molar-refractivity contribution in [3.05, 3.63) is 132 Å². The highest BCUT2D eigenvalue weighted by Gasteiger charge is 2.39. The molecule has 0 bridgehead atoms. The molecule has 0 aliphatic rings. The highest BCUT2D eigenvalue weighted by atomic mass is 35.5. The highest BCUT2D eigenvalue weighted by Crippen LogP contribution is 2.41. The maximum Gasteiger partial charge on any atom is 0.138 e. The van der Waals surface area contributed by atoms with E-state index in [2.05, 4.69) is 88.7 Å². The van der Waals surface area contributed by atoms with Gasteiger partial charge in [-0.3, -0.25) is 9.67 Å². The molecule has 5 aromatic rings. The van der Waals surface area contributed by atoms with E-state index in [1.807, 2.05) is 24.4 Å². The minimum atomic E-state index is -0.649. The van der Waals surface area contributed by atoms with Crippen molar-refractivity contribution in [2.45, 2.75) is 11.4 Å². The first-order chi connectivity index (χ1) is 14.8. The fraction of sp³-hybridized carbons (Fsp3) is 0.0769. The van der Waals surface area contributed by atoms with E-state index in [0.29, 0.717) is 5.88 Å². The molecule has 0 saturated heterocycles. The van der Waals surface area contributed by atoms with Gasteiger partial charge in [-0.05, 0) is 28.3 Å². The molecular weight excluding hydrogens is 390 g/mol. The average molecular weight is 410 g/mol. The standard InChI is InChI=1S/C26H20ClN3/c27-17-20-8-7-13-24(16-20)26(22-9-3-1-4-10-22,23-11-5-2-6-12-23)30-19-21-18-28-15-14-25(21)29-30/h1-16,18-19H,17H2. The van der Waals surface area contributed by atoms with Gasteiger partial charge in [0.15, 0.2) is 0 Å². The summed E-state index contributed by atoms with van der Waals surface area (Å²) in [5.41, 5.74) is 4.70. The van der Waals surface area contributed by atoms with Gasteiger partial charge in [-0.15, -0.1) is 11.6 Å². The zero-order chi connectivity index (χ0) is 20.4. The number of fused-ring (bicyclic) bond motifs is 1. The van der Waals surface area contributed by atoms with Gasteiger partial charge in [0.05, 0.1) is 5.52 Å². The molecule has 0 amide bonds. The van der Waals surface area contributed by atoms with Gasteiger partial charge >= 0.3 is 0 Å². The minimum absolute atomic E-state index is 0.457. The fourth-order valence-electron chi connectivity index (χ4n) is 4.17. The molecule has 0 aliphatic carbocycles. The first-order valence-electron chi connectivity index (χ1n) is 9.88. The molecule has 0 unspecified atom stereocenters. The van der Waals surface area contributed by atoms with Gasteiger partial charge in [0.2, 0.25) is 0 Å². The van der Waals surface area contributed by atoms with Crippen LogP contribution in [0.3, 0.4) is 0 Å². The van der Waals surface area contributed by atoms with Crippen LogP contribution in [0.1, 0.15) is 22.3 Å². The Bertz CT molecular complexity index is 1210. The molecule has 0 aliphatic heterocycles. The van der Waals surface area contributed by atoms with E-state index >= 15 is 0 Å². The van der Waals surface area contributed by atoms with Crippen molar-refractivity contribution in [2.24, 2.45) is 0 Å². The second-order valence-electron chi connectivity index (χ2n) is 7.28. The van der Waals surface area contributed by atoms with Crippen LogP contribution < -0.4 is 0 Å². The van der Waals surface area contributed by atoms with Gasteiger partial charge in [0, 0.05) is 29.9 Å². The monoisotopic (exact) mass is 409 g/mol. The summed E-state index contributed by atoms with van der Waals surface area (Å²) in [6.07, 6.45) is 5.71. The molecule has 4 heteroatoms. The van der Waals surface area contributed by atoms with Crippen LogP contribution in [0, 0.1) is 0 Å². The average Bonchev–Trinajstić information content (AvgIpc) is 3.25. The third-order valence-electron chi connectivity index (χ3n) is 5.53. The number of rotatable bonds is 5. The van der Waals surface area contributed by atoms with Crippen molar-refractivity contribution < 1.29 is 0 Å². The van der Waals surface area contributed by atoms with Crippen molar-refractivity contribution in [3.63, 3.8) is 0 Å². The zero-order valence-electron chi connectivity index (χ0n) is 16.3. The summed E-state index contributed by atoms with van der Waals surface area (Å²) >= 11 is 6.22. The van der Waals surface area contributed by atoms with Gasteiger partial charge in [0.1, 0.15) is 5.54 Å². The Hall–Kier alpha value is -3.43. The number of aromatic nitrogens is 3. The van der Waals surface area contributed by atoms with Crippen LogP contribution in [0.25, 0.3) is 10.9 Å². The van der Waals surface area contributed by atoms with Crippen molar-refractivity contribution in [2.75, 3.05) is 0 Å². The number of hydrogen-bond donors (Lipinski definition) is 0. The molecular formula is C26H20ClN3. The van der Waals surface area contributed by atoms with E-state index in [1.54, 1.807) is 6.20 Å². The summed E-state index contributed by atoms with van der Waals surface area (Å²) < 4.78 is 2.07. The summed E-state index contributed by atoms with van der Waals surface area (Å²) in [6, 6.07) is 31.4. The molecule has 5 rings (SSSR count). The Kier molecular flexibility index (Phi) is 4.82. The molecule has 0 fully saturated rings. The Balaban J connectivity index is 1.92. The maximum absolute atomic E-state index is 6.22. The summed E-state index contributed by atoms with van der Waals surface area (Å²) in [6.45, 7) is 0. The van der Waals surface area contributed by atoms with Crippen LogP contribution in [0.2, 0.25) is 0 Å². The van der Waals surface area contributed by atoms with Gasteiger partial charge in [-0.1, -0.05) is 84.9 Å². The lowest BCUT2D eigenvalue weighted by Crippen LogP contribution is -2.38. The number of nitrogens with zero attached hydrogens (tertiary/aromatic N) is 3. The van der Waals surface area contributed by atoms with Gasteiger partial charge in [-0.25, -0.2) is 0 Å². The number of hydrogen-bond acceptors (Lipinski definition) is 2. The Labute approximate surface area is 180 Å². The summed E-state index contributed by atoms with van der Waals surface area (Å²) in [5.74, 6) is 0.457. The second kappa shape index (κ2) is 7.77. The summed E-state index contributed by atoms with van der Waals surface area (Å²) in [7, 11) is 0. The largest absolute Gasteiger partial charge is 0.264 e. The number of benzene rings is 3. The molecule has 146 valence electrons. The molecule has 3 aromatic carbocycles. The molecule has 0 radical (unpaired) electrons. The Morgan fingerprint density at radius 1 is 0.767 bits per heavy atom. The number of pyridine rings is 1. The summed E-state index contributed by atoms with van der Waals surface area (Å²) in [5, 5.41) is 6.02. The quantitative estimate of drug-likeness (QED) is 0.263. The van der Waals surface area contributed by atoms with Crippen LogP contribution in [0.4, 0.5) is 0 Å². The molecule has 0 spiro atoms. The molecule has 2 heterocycles. The third-order valence-corrected chi connectivity index (χ3v) is 5.84. The van der Waals surface area contributed by atoms with Crippen molar-refractivity contribution >= 4 is 22.5 Å². The first kappa shape index (κ1) is 18.6.